The van der Waals surface area contributed by atoms with E-state index in [1.165, 1.54) is 12.1 Å². The topological polar surface area (TPSA) is 99.6 Å². The van der Waals surface area contributed by atoms with Crippen molar-refractivity contribution in [2.45, 2.75) is 12.8 Å². The minimum atomic E-state index is -1.01. The van der Waals surface area contributed by atoms with E-state index in [0.717, 1.165) is 12.8 Å². The van der Waals surface area contributed by atoms with Gasteiger partial charge in [0.25, 0.3) is 11.8 Å². The summed E-state index contributed by atoms with van der Waals surface area (Å²) in [5.74, 6) is -0.978. The number of carbonyl (C=O) groups excluding carboxylic acids is 2. The standard InChI is InChI=1S/C20H21N3O4/c24-18(17-3-1-2-10-21-17)22-13-14-8-11-23(12-9-14)19(25)15-4-6-16(7-5-15)20(26)27/h1-7,10,14H,8-9,11-13H2,(H,22,24)(H,26,27). The highest BCUT2D eigenvalue weighted by molar-refractivity contribution is 5.96. The third-order valence-corrected chi connectivity index (χ3v) is 4.73. The van der Waals surface area contributed by atoms with E-state index >= 15 is 0 Å². The number of pyridine rings is 1. The lowest BCUT2D eigenvalue weighted by molar-refractivity contribution is 0.0677. The highest BCUT2D eigenvalue weighted by atomic mass is 16.4. The quantitative estimate of drug-likeness (QED) is 0.843. The molecule has 27 heavy (non-hydrogen) atoms. The number of benzene rings is 1. The van der Waals surface area contributed by atoms with Crippen molar-refractivity contribution in [3.05, 3.63) is 65.5 Å². The Balaban J connectivity index is 1.47. The smallest absolute Gasteiger partial charge is 0.335 e. The molecule has 2 amide bonds. The average Bonchev–Trinajstić information content (AvgIpc) is 2.72. The first-order valence-corrected chi connectivity index (χ1v) is 8.86. The Labute approximate surface area is 157 Å². The maximum atomic E-state index is 12.5. The van der Waals surface area contributed by atoms with Crippen LogP contribution in [0.2, 0.25) is 0 Å². The summed E-state index contributed by atoms with van der Waals surface area (Å²) in [6, 6.07) is 11.2. The van der Waals surface area contributed by atoms with Gasteiger partial charge in [0.05, 0.1) is 5.56 Å². The van der Waals surface area contributed by atoms with E-state index in [1.807, 2.05) is 0 Å². The maximum absolute atomic E-state index is 12.5. The van der Waals surface area contributed by atoms with Gasteiger partial charge in [-0.3, -0.25) is 14.6 Å². The fraction of sp³-hybridized carbons (Fsp3) is 0.300. The Kier molecular flexibility index (Phi) is 5.80. The highest BCUT2D eigenvalue weighted by Crippen LogP contribution is 2.19. The Morgan fingerprint density at radius 2 is 1.70 bits per heavy atom. The van der Waals surface area contributed by atoms with Crippen molar-refractivity contribution in [3.63, 3.8) is 0 Å². The number of aromatic carboxylic acids is 1. The second kappa shape index (κ2) is 8.44. The lowest BCUT2D eigenvalue weighted by Crippen LogP contribution is -2.41. The number of amides is 2. The van der Waals surface area contributed by atoms with Crippen molar-refractivity contribution in [3.8, 4) is 0 Å². The largest absolute Gasteiger partial charge is 0.478 e. The number of nitrogens with zero attached hydrogens (tertiary/aromatic N) is 2. The minimum Gasteiger partial charge on any atom is -0.478 e. The second-order valence-corrected chi connectivity index (χ2v) is 6.54. The summed E-state index contributed by atoms with van der Waals surface area (Å²) < 4.78 is 0. The predicted octanol–water partition coefficient (Wildman–Crippen LogP) is 2.06. The van der Waals surface area contributed by atoms with E-state index in [9.17, 15) is 14.4 Å². The number of carboxylic acid groups (broad SMARTS) is 1. The molecule has 2 N–H and O–H groups in total. The van der Waals surface area contributed by atoms with Crippen LogP contribution in [0, 0.1) is 5.92 Å². The Bertz CT molecular complexity index is 813. The third-order valence-electron chi connectivity index (χ3n) is 4.73. The van der Waals surface area contributed by atoms with Gasteiger partial charge in [-0.25, -0.2) is 4.79 Å². The third kappa shape index (κ3) is 4.69. The molecule has 1 aliphatic heterocycles. The summed E-state index contributed by atoms with van der Waals surface area (Å²) in [5, 5.41) is 11.8. The van der Waals surface area contributed by atoms with Crippen LogP contribution in [-0.2, 0) is 0 Å². The number of carboxylic acids is 1. The van der Waals surface area contributed by atoms with Gasteiger partial charge in [0.2, 0.25) is 0 Å². The molecule has 1 saturated heterocycles. The van der Waals surface area contributed by atoms with Gasteiger partial charge in [-0.1, -0.05) is 6.07 Å². The second-order valence-electron chi connectivity index (χ2n) is 6.54. The average molecular weight is 367 g/mol. The van der Waals surface area contributed by atoms with E-state index in [2.05, 4.69) is 10.3 Å². The van der Waals surface area contributed by atoms with E-state index < -0.39 is 5.97 Å². The Morgan fingerprint density at radius 3 is 2.30 bits per heavy atom. The minimum absolute atomic E-state index is 0.0945. The Hall–Kier alpha value is -3.22. The zero-order chi connectivity index (χ0) is 19.2. The summed E-state index contributed by atoms with van der Waals surface area (Å²) in [7, 11) is 0. The lowest BCUT2D eigenvalue weighted by atomic mass is 9.96. The fourth-order valence-corrected chi connectivity index (χ4v) is 3.10. The first-order chi connectivity index (χ1) is 13.0. The summed E-state index contributed by atoms with van der Waals surface area (Å²) in [6.07, 6.45) is 3.20. The lowest BCUT2D eigenvalue weighted by Gasteiger charge is -2.32. The molecule has 1 aliphatic rings. The van der Waals surface area contributed by atoms with E-state index in [1.54, 1.807) is 41.4 Å². The monoisotopic (exact) mass is 367 g/mol. The number of nitrogens with one attached hydrogen (secondary N) is 1. The van der Waals surface area contributed by atoms with Crippen molar-refractivity contribution >= 4 is 17.8 Å². The Morgan fingerprint density at radius 1 is 1.04 bits per heavy atom. The van der Waals surface area contributed by atoms with Gasteiger partial charge in [-0.05, 0) is 55.2 Å². The van der Waals surface area contributed by atoms with Crippen molar-refractivity contribution in [2.75, 3.05) is 19.6 Å². The van der Waals surface area contributed by atoms with Gasteiger partial charge in [0, 0.05) is 31.4 Å². The van der Waals surface area contributed by atoms with Gasteiger partial charge in [0.1, 0.15) is 5.69 Å². The van der Waals surface area contributed by atoms with Crippen LogP contribution in [0.5, 0.6) is 0 Å². The van der Waals surface area contributed by atoms with Crippen LogP contribution in [0.15, 0.2) is 48.7 Å². The highest BCUT2D eigenvalue weighted by Gasteiger charge is 2.24. The molecule has 3 rings (SSSR count). The fourth-order valence-electron chi connectivity index (χ4n) is 3.10. The molecule has 2 heterocycles. The van der Waals surface area contributed by atoms with Gasteiger partial charge in [-0.2, -0.15) is 0 Å². The molecule has 0 spiro atoms. The van der Waals surface area contributed by atoms with Gasteiger partial charge >= 0.3 is 5.97 Å². The molecular weight excluding hydrogens is 346 g/mol. The molecule has 0 atom stereocenters. The predicted molar refractivity (Wildman–Crippen MR) is 98.6 cm³/mol. The normalized spacial score (nSPS) is 14.6. The van der Waals surface area contributed by atoms with Crippen molar-refractivity contribution in [2.24, 2.45) is 5.92 Å². The number of likely N-dealkylation sites (tertiary alicyclic amines) is 1. The van der Waals surface area contributed by atoms with Crippen LogP contribution < -0.4 is 5.32 Å². The number of aromatic nitrogens is 1. The van der Waals surface area contributed by atoms with Crippen LogP contribution >= 0.6 is 0 Å². The molecule has 140 valence electrons. The molecule has 0 unspecified atom stereocenters. The number of hydrogen-bond donors (Lipinski definition) is 2. The zero-order valence-corrected chi connectivity index (χ0v) is 14.8. The summed E-state index contributed by atoms with van der Waals surface area (Å²) >= 11 is 0. The number of hydrogen-bond acceptors (Lipinski definition) is 4. The summed E-state index contributed by atoms with van der Waals surface area (Å²) in [5.41, 5.74) is 1.05. The van der Waals surface area contributed by atoms with Crippen LogP contribution in [0.4, 0.5) is 0 Å². The number of piperidine rings is 1. The van der Waals surface area contributed by atoms with E-state index in [0.29, 0.717) is 36.8 Å². The summed E-state index contributed by atoms with van der Waals surface area (Å²) in [4.78, 5) is 41.3. The molecular formula is C20H21N3O4. The molecule has 7 nitrogen and oxygen atoms in total. The molecule has 1 aromatic carbocycles. The molecule has 2 aromatic rings. The molecule has 7 heteroatoms. The number of carbonyl (C=O) groups is 3. The first-order valence-electron chi connectivity index (χ1n) is 8.86. The molecule has 0 radical (unpaired) electrons. The summed E-state index contributed by atoms with van der Waals surface area (Å²) in [6.45, 7) is 1.79. The van der Waals surface area contributed by atoms with Crippen LogP contribution in [0.3, 0.4) is 0 Å². The van der Waals surface area contributed by atoms with E-state index in [4.69, 9.17) is 5.11 Å². The van der Waals surface area contributed by atoms with E-state index in [-0.39, 0.29) is 17.4 Å². The molecule has 1 fully saturated rings. The van der Waals surface area contributed by atoms with Crippen LogP contribution in [0.25, 0.3) is 0 Å². The number of rotatable bonds is 5. The van der Waals surface area contributed by atoms with Crippen molar-refractivity contribution in [1.29, 1.82) is 0 Å². The van der Waals surface area contributed by atoms with Gasteiger partial charge < -0.3 is 15.3 Å². The van der Waals surface area contributed by atoms with Gasteiger partial charge in [-0.15, -0.1) is 0 Å². The molecule has 0 saturated carbocycles. The first kappa shape index (κ1) is 18.6. The van der Waals surface area contributed by atoms with Gasteiger partial charge in [0.15, 0.2) is 0 Å². The SMILES string of the molecule is O=C(O)c1ccc(C(=O)N2CCC(CNC(=O)c3ccccn3)CC2)cc1. The maximum Gasteiger partial charge on any atom is 0.335 e. The van der Waals surface area contributed by atoms with Crippen molar-refractivity contribution < 1.29 is 19.5 Å². The van der Waals surface area contributed by atoms with Crippen LogP contribution in [0.1, 0.15) is 44.0 Å². The molecule has 0 aliphatic carbocycles. The molecule has 0 bridgehead atoms. The van der Waals surface area contributed by atoms with Crippen molar-refractivity contribution in [1.82, 2.24) is 15.2 Å². The van der Waals surface area contributed by atoms with Crippen LogP contribution in [-0.4, -0.2) is 52.4 Å². The molecule has 1 aromatic heterocycles. The zero-order valence-electron chi connectivity index (χ0n) is 14.8.